The first-order valence-corrected chi connectivity index (χ1v) is 7.18. The molecule has 0 saturated carbocycles. The lowest BCUT2D eigenvalue weighted by molar-refractivity contribution is -0.184. The Bertz CT molecular complexity index is 456. The Morgan fingerprint density at radius 3 is 2.40 bits per heavy atom. The fraction of sp³-hybridized carbons (Fsp3) is 0.500. The van der Waals surface area contributed by atoms with Gasteiger partial charge in [-0.1, -0.05) is 24.3 Å². The fourth-order valence-electron chi connectivity index (χ4n) is 2.77. The van der Waals surface area contributed by atoms with Gasteiger partial charge in [-0.3, -0.25) is 4.90 Å². The average molecular weight is 277 g/mol. The lowest BCUT2D eigenvalue weighted by Gasteiger charge is -2.37. The van der Waals surface area contributed by atoms with Crippen LogP contribution in [0.5, 0.6) is 0 Å². The molecule has 1 aromatic rings. The predicted molar refractivity (Wildman–Crippen MR) is 75.7 cm³/mol. The molecule has 108 valence electrons. The molecular formula is C16H20FNO2. The molecule has 0 bridgehead atoms. The van der Waals surface area contributed by atoms with Crippen LogP contribution in [0.15, 0.2) is 30.3 Å². The Morgan fingerprint density at radius 2 is 1.75 bits per heavy atom. The number of rotatable bonds is 3. The van der Waals surface area contributed by atoms with E-state index in [1.165, 1.54) is 12.1 Å². The van der Waals surface area contributed by atoms with Crippen LogP contribution < -0.4 is 0 Å². The SMILES string of the molecule is Fc1ccc(/C=C/CN2CCC3(CC2)OCCO3)cc1. The van der Waals surface area contributed by atoms with Crippen LogP contribution in [0.4, 0.5) is 4.39 Å². The minimum atomic E-state index is -0.294. The number of nitrogens with zero attached hydrogens (tertiary/aromatic N) is 1. The third-order valence-corrected chi connectivity index (χ3v) is 3.98. The minimum Gasteiger partial charge on any atom is -0.347 e. The molecule has 4 heteroatoms. The van der Waals surface area contributed by atoms with Crippen LogP contribution in [-0.4, -0.2) is 43.5 Å². The van der Waals surface area contributed by atoms with E-state index >= 15 is 0 Å². The van der Waals surface area contributed by atoms with Crippen molar-refractivity contribution in [3.63, 3.8) is 0 Å². The smallest absolute Gasteiger partial charge is 0.170 e. The second-order valence-corrected chi connectivity index (χ2v) is 5.36. The van der Waals surface area contributed by atoms with Crippen molar-refractivity contribution < 1.29 is 13.9 Å². The predicted octanol–water partition coefficient (Wildman–Crippen LogP) is 2.68. The summed E-state index contributed by atoms with van der Waals surface area (Å²) in [5.74, 6) is -0.489. The summed E-state index contributed by atoms with van der Waals surface area (Å²) in [4.78, 5) is 2.39. The Kier molecular flexibility index (Phi) is 4.15. The fourth-order valence-corrected chi connectivity index (χ4v) is 2.77. The number of ether oxygens (including phenoxy) is 2. The van der Waals surface area contributed by atoms with Gasteiger partial charge in [-0.25, -0.2) is 4.39 Å². The zero-order valence-electron chi connectivity index (χ0n) is 11.6. The van der Waals surface area contributed by atoms with Gasteiger partial charge in [-0.15, -0.1) is 0 Å². The van der Waals surface area contributed by atoms with Gasteiger partial charge >= 0.3 is 0 Å². The van der Waals surface area contributed by atoms with Crippen LogP contribution in [-0.2, 0) is 9.47 Å². The quantitative estimate of drug-likeness (QED) is 0.848. The largest absolute Gasteiger partial charge is 0.347 e. The van der Waals surface area contributed by atoms with Crippen LogP contribution in [0.1, 0.15) is 18.4 Å². The van der Waals surface area contributed by atoms with Crippen LogP contribution in [0.25, 0.3) is 6.08 Å². The van der Waals surface area contributed by atoms with Gasteiger partial charge in [0.25, 0.3) is 0 Å². The van der Waals surface area contributed by atoms with Crippen molar-refractivity contribution in [2.75, 3.05) is 32.8 Å². The van der Waals surface area contributed by atoms with Gasteiger partial charge in [-0.05, 0) is 17.7 Å². The topological polar surface area (TPSA) is 21.7 Å². The van der Waals surface area contributed by atoms with E-state index in [0.717, 1.165) is 51.3 Å². The summed E-state index contributed by atoms with van der Waals surface area (Å²) >= 11 is 0. The van der Waals surface area contributed by atoms with E-state index in [2.05, 4.69) is 11.0 Å². The molecule has 2 saturated heterocycles. The third kappa shape index (κ3) is 3.26. The Labute approximate surface area is 119 Å². The van der Waals surface area contributed by atoms with E-state index in [4.69, 9.17) is 9.47 Å². The summed E-state index contributed by atoms with van der Waals surface area (Å²) in [6, 6.07) is 6.55. The molecule has 3 rings (SSSR count). The number of hydrogen-bond acceptors (Lipinski definition) is 3. The monoisotopic (exact) mass is 277 g/mol. The van der Waals surface area contributed by atoms with Gasteiger partial charge in [0.05, 0.1) is 13.2 Å². The maximum Gasteiger partial charge on any atom is 0.170 e. The summed E-state index contributed by atoms with van der Waals surface area (Å²) in [5.41, 5.74) is 1.03. The van der Waals surface area contributed by atoms with Crippen molar-refractivity contribution in [2.45, 2.75) is 18.6 Å². The molecule has 0 atom stereocenters. The molecule has 0 aromatic heterocycles. The number of benzene rings is 1. The summed E-state index contributed by atoms with van der Waals surface area (Å²) in [7, 11) is 0. The lowest BCUT2D eigenvalue weighted by Crippen LogP contribution is -2.45. The van der Waals surface area contributed by atoms with Gasteiger partial charge in [0.15, 0.2) is 5.79 Å². The van der Waals surface area contributed by atoms with Gasteiger partial charge in [-0.2, -0.15) is 0 Å². The average Bonchev–Trinajstić information content (AvgIpc) is 2.92. The molecule has 20 heavy (non-hydrogen) atoms. The van der Waals surface area contributed by atoms with E-state index in [0.29, 0.717) is 0 Å². The maximum atomic E-state index is 12.8. The maximum absolute atomic E-state index is 12.8. The van der Waals surface area contributed by atoms with E-state index < -0.39 is 0 Å². The molecule has 1 spiro atoms. The standard InChI is InChI=1S/C16H20FNO2/c17-15-5-3-14(4-6-15)2-1-9-18-10-7-16(8-11-18)19-12-13-20-16/h1-6H,7-13H2/b2-1+. The number of halogens is 1. The number of piperidine rings is 1. The van der Waals surface area contributed by atoms with E-state index in [1.54, 1.807) is 12.1 Å². The minimum absolute atomic E-state index is 0.194. The van der Waals surface area contributed by atoms with Crippen molar-refractivity contribution in [1.29, 1.82) is 0 Å². The first-order chi connectivity index (χ1) is 9.76. The van der Waals surface area contributed by atoms with E-state index in [1.807, 2.05) is 6.08 Å². The molecule has 0 aliphatic carbocycles. The first-order valence-electron chi connectivity index (χ1n) is 7.18. The molecule has 2 heterocycles. The zero-order chi connectivity index (χ0) is 13.8. The molecule has 0 radical (unpaired) electrons. The highest BCUT2D eigenvalue weighted by molar-refractivity contribution is 5.48. The highest BCUT2D eigenvalue weighted by Crippen LogP contribution is 2.31. The summed E-state index contributed by atoms with van der Waals surface area (Å²) in [6.45, 7) is 4.35. The van der Waals surface area contributed by atoms with E-state index in [9.17, 15) is 4.39 Å². The highest BCUT2D eigenvalue weighted by atomic mass is 19.1. The molecule has 2 fully saturated rings. The summed E-state index contributed by atoms with van der Waals surface area (Å²) < 4.78 is 24.2. The Morgan fingerprint density at radius 1 is 1.10 bits per heavy atom. The van der Waals surface area contributed by atoms with Crippen molar-refractivity contribution >= 4 is 6.08 Å². The molecule has 3 nitrogen and oxygen atoms in total. The Balaban J connectivity index is 1.46. The van der Waals surface area contributed by atoms with Crippen LogP contribution in [0.3, 0.4) is 0 Å². The van der Waals surface area contributed by atoms with Gasteiger partial charge < -0.3 is 9.47 Å². The molecule has 0 N–H and O–H groups in total. The van der Waals surface area contributed by atoms with Crippen LogP contribution in [0, 0.1) is 5.82 Å². The molecule has 1 aromatic carbocycles. The van der Waals surface area contributed by atoms with Crippen molar-refractivity contribution in [1.82, 2.24) is 4.90 Å². The first kappa shape index (κ1) is 13.7. The second kappa shape index (κ2) is 6.04. The lowest BCUT2D eigenvalue weighted by atomic mass is 10.0. The second-order valence-electron chi connectivity index (χ2n) is 5.36. The summed E-state index contributed by atoms with van der Waals surface area (Å²) in [5, 5.41) is 0. The molecule has 2 aliphatic rings. The van der Waals surface area contributed by atoms with Gasteiger partial charge in [0.2, 0.25) is 0 Å². The van der Waals surface area contributed by atoms with Crippen molar-refractivity contribution in [3.8, 4) is 0 Å². The van der Waals surface area contributed by atoms with Crippen molar-refractivity contribution in [3.05, 3.63) is 41.7 Å². The third-order valence-electron chi connectivity index (χ3n) is 3.98. The van der Waals surface area contributed by atoms with Crippen LogP contribution >= 0.6 is 0 Å². The van der Waals surface area contributed by atoms with Gasteiger partial charge in [0, 0.05) is 32.5 Å². The van der Waals surface area contributed by atoms with E-state index in [-0.39, 0.29) is 11.6 Å². The number of likely N-dealkylation sites (tertiary alicyclic amines) is 1. The normalized spacial score (nSPS) is 22.9. The Hall–Kier alpha value is -1.23. The van der Waals surface area contributed by atoms with Crippen molar-refractivity contribution in [2.24, 2.45) is 0 Å². The number of hydrogen-bond donors (Lipinski definition) is 0. The molecular weight excluding hydrogens is 257 g/mol. The molecule has 0 amide bonds. The highest BCUT2D eigenvalue weighted by Gasteiger charge is 2.39. The summed E-state index contributed by atoms with van der Waals surface area (Å²) in [6.07, 6.45) is 6.04. The van der Waals surface area contributed by atoms with Gasteiger partial charge in [0.1, 0.15) is 5.82 Å². The zero-order valence-corrected chi connectivity index (χ0v) is 11.6. The van der Waals surface area contributed by atoms with Crippen LogP contribution in [0.2, 0.25) is 0 Å². The molecule has 2 aliphatic heterocycles. The molecule has 0 unspecified atom stereocenters.